The summed E-state index contributed by atoms with van der Waals surface area (Å²) in [6, 6.07) is 10.8. The number of aromatic nitrogens is 2. The van der Waals surface area contributed by atoms with Gasteiger partial charge in [0.2, 0.25) is 5.89 Å². The number of carbonyl (C=O) groups excluding carboxylic acids is 1. The molecule has 0 aliphatic carbocycles. The van der Waals surface area contributed by atoms with Crippen molar-refractivity contribution in [2.75, 3.05) is 11.6 Å². The average molecular weight is 361 g/mol. The molecule has 0 atom stereocenters. The third-order valence-electron chi connectivity index (χ3n) is 3.26. The predicted octanol–water partition coefficient (Wildman–Crippen LogP) is 2.53. The second-order valence-electron chi connectivity index (χ2n) is 5.17. The van der Waals surface area contributed by atoms with E-state index >= 15 is 0 Å². The molecule has 7 nitrogen and oxygen atoms in total. The third-order valence-corrected chi connectivity index (χ3v) is 4.39. The van der Waals surface area contributed by atoms with Crippen LogP contribution in [0.3, 0.4) is 0 Å². The lowest BCUT2D eigenvalue weighted by molar-refractivity contribution is 0.102. The van der Waals surface area contributed by atoms with E-state index in [9.17, 15) is 17.6 Å². The smallest absolute Gasteiger partial charge is 0.322 e. The van der Waals surface area contributed by atoms with Crippen molar-refractivity contribution in [3.63, 3.8) is 0 Å². The number of sulfone groups is 1. The van der Waals surface area contributed by atoms with Gasteiger partial charge in [0.15, 0.2) is 9.84 Å². The first-order valence-electron chi connectivity index (χ1n) is 7.04. The minimum atomic E-state index is -3.34. The summed E-state index contributed by atoms with van der Waals surface area (Å²) in [5, 5.41) is 9.82. The zero-order valence-corrected chi connectivity index (χ0v) is 13.7. The van der Waals surface area contributed by atoms with Gasteiger partial charge in [0.25, 0.3) is 5.91 Å². The van der Waals surface area contributed by atoms with Crippen LogP contribution < -0.4 is 5.32 Å². The van der Waals surface area contributed by atoms with Gasteiger partial charge in [-0.15, -0.1) is 5.10 Å². The molecule has 0 saturated heterocycles. The Morgan fingerprint density at radius 1 is 1.12 bits per heavy atom. The number of amides is 1. The standard InChI is InChI=1S/C16H12FN3O4S/c1-25(22,23)13-7-5-10(6-8-13)14(21)18-16-20-19-15(24-16)11-3-2-4-12(17)9-11/h2-9H,1H3,(H,18,20,21). The predicted molar refractivity (Wildman–Crippen MR) is 87.2 cm³/mol. The van der Waals surface area contributed by atoms with Gasteiger partial charge >= 0.3 is 6.01 Å². The van der Waals surface area contributed by atoms with Crippen LogP contribution >= 0.6 is 0 Å². The Labute approximate surface area is 142 Å². The molecule has 3 rings (SSSR count). The van der Waals surface area contributed by atoms with E-state index in [1.54, 1.807) is 6.07 Å². The zero-order valence-electron chi connectivity index (χ0n) is 12.9. The first kappa shape index (κ1) is 16.8. The third kappa shape index (κ3) is 3.89. The number of anilines is 1. The van der Waals surface area contributed by atoms with Gasteiger partial charge in [-0.05, 0) is 42.5 Å². The molecule has 128 valence electrons. The minimum absolute atomic E-state index is 0.0576. The maximum absolute atomic E-state index is 13.2. The number of nitrogens with one attached hydrogen (secondary N) is 1. The van der Waals surface area contributed by atoms with Crippen molar-refractivity contribution >= 4 is 21.8 Å². The van der Waals surface area contributed by atoms with Gasteiger partial charge in [-0.1, -0.05) is 11.2 Å². The molecule has 0 saturated carbocycles. The molecule has 9 heteroatoms. The van der Waals surface area contributed by atoms with E-state index in [2.05, 4.69) is 15.5 Å². The summed E-state index contributed by atoms with van der Waals surface area (Å²) in [6.45, 7) is 0. The molecule has 1 heterocycles. The molecule has 0 unspecified atom stereocenters. The first-order valence-corrected chi connectivity index (χ1v) is 8.93. The zero-order chi connectivity index (χ0) is 18.0. The highest BCUT2D eigenvalue weighted by molar-refractivity contribution is 7.90. The second-order valence-corrected chi connectivity index (χ2v) is 7.19. The summed E-state index contributed by atoms with van der Waals surface area (Å²) < 4.78 is 41.3. The Balaban J connectivity index is 1.75. The molecule has 0 radical (unpaired) electrons. The highest BCUT2D eigenvalue weighted by atomic mass is 32.2. The summed E-state index contributed by atoms with van der Waals surface area (Å²) in [7, 11) is -3.34. The lowest BCUT2D eigenvalue weighted by atomic mass is 10.2. The highest BCUT2D eigenvalue weighted by Gasteiger charge is 2.14. The molecule has 0 aliphatic rings. The lowest BCUT2D eigenvalue weighted by Gasteiger charge is -2.02. The van der Waals surface area contributed by atoms with Crippen molar-refractivity contribution in [3.8, 4) is 11.5 Å². The number of benzene rings is 2. The summed E-state index contributed by atoms with van der Waals surface area (Å²) in [5.74, 6) is -0.941. The molecular formula is C16H12FN3O4S. The van der Waals surface area contributed by atoms with E-state index in [-0.39, 0.29) is 22.4 Å². The Morgan fingerprint density at radius 3 is 2.48 bits per heavy atom. The van der Waals surface area contributed by atoms with E-state index in [0.717, 1.165) is 6.26 Å². The van der Waals surface area contributed by atoms with Crippen LogP contribution in [0.25, 0.3) is 11.5 Å². The van der Waals surface area contributed by atoms with Crippen molar-refractivity contribution in [2.45, 2.75) is 4.90 Å². The Morgan fingerprint density at radius 2 is 1.84 bits per heavy atom. The lowest BCUT2D eigenvalue weighted by Crippen LogP contribution is -2.12. The summed E-state index contributed by atoms with van der Waals surface area (Å²) in [5.41, 5.74) is 0.600. The van der Waals surface area contributed by atoms with Crippen molar-refractivity contribution in [1.82, 2.24) is 10.2 Å². The van der Waals surface area contributed by atoms with Gasteiger partial charge in [-0.2, -0.15) is 0 Å². The van der Waals surface area contributed by atoms with Gasteiger partial charge in [-0.3, -0.25) is 10.1 Å². The van der Waals surface area contributed by atoms with Crippen molar-refractivity contribution in [2.24, 2.45) is 0 Å². The number of halogens is 1. The fraction of sp³-hybridized carbons (Fsp3) is 0.0625. The van der Waals surface area contributed by atoms with Crippen LogP contribution in [-0.2, 0) is 9.84 Å². The SMILES string of the molecule is CS(=O)(=O)c1ccc(C(=O)Nc2nnc(-c3cccc(F)c3)o2)cc1. The quantitative estimate of drug-likeness (QED) is 0.766. The normalized spacial score (nSPS) is 11.3. The molecule has 3 aromatic rings. The molecule has 1 N–H and O–H groups in total. The fourth-order valence-electron chi connectivity index (χ4n) is 2.03. The van der Waals surface area contributed by atoms with Crippen LogP contribution in [0.2, 0.25) is 0 Å². The van der Waals surface area contributed by atoms with Crippen molar-refractivity contribution < 1.29 is 22.0 Å². The van der Waals surface area contributed by atoms with E-state index in [0.29, 0.717) is 5.56 Å². The van der Waals surface area contributed by atoms with Crippen LogP contribution in [0.15, 0.2) is 57.8 Å². The maximum Gasteiger partial charge on any atom is 0.322 e. The molecule has 25 heavy (non-hydrogen) atoms. The van der Waals surface area contributed by atoms with Gasteiger partial charge in [-0.25, -0.2) is 12.8 Å². The number of rotatable bonds is 4. The first-order chi connectivity index (χ1) is 11.8. The summed E-state index contributed by atoms with van der Waals surface area (Å²) >= 11 is 0. The number of hydrogen-bond acceptors (Lipinski definition) is 6. The molecule has 1 amide bonds. The fourth-order valence-corrected chi connectivity index (χ4v) is 2.67. The van der Waals surface area contributed by atoms with Gasteiger partial charge in [0.05, 0.1) is 4.90 Å². The molecule has 1 aromatic heterocycles. The van der Waals surface area contributed by atoms with E-state index in [4.69, 9.17) is 4.42 Å². The van der Waals surface area contributed by atoms with E-state index in [1.807, 2.05) is 0 Å². The monoisotopic (exact) mass is 361 g/mol. The van der Waals surface area contributed by atoms with Crippen LogP contribution in [-0.4, -0.2) is 30.8 Å². The second kappa shape index (κ2) is 6.44. The van der Waals surface area contributed by atoms with Crippen LogP contribution in [0, 0.1) is 5.82 Å². The highest BCUT2D eigenvalue weighted by Crippen LogP contribution is 2.21. The maximum atomic E-state index is 13.2. The Kier molecular flexibility index (Phi) is 4.32. The Hall–Kier alpha value is -3.07. The van der Waals surface area contributed by atoms with Gasteiger partial charge < -0.3 is 4.42 Å². The topological polar surface area (TPSA) is 102 Å². The average Bonchev–Trinajstić information content (AvgIpc) is 3.03. The largest absolute Gasteiger partial charge is 0.403 e. The summed E-state index contributed by atoms with van der Waals surface area (Å²) in [4.78, 5) is 12.2. The van der Waals surface area contributed by atoms with Crippen molar-refractivity contribution in [3.05, 3.63) is 59.9 Å². The molecule has 0 aliphatic heterocycles. The van der Waals surface area contributed by atoms with Gasteiger partial charge in [0.1, 0.15) is 5.82 Å². The number of carbonyl (C=O) groups is 1. The molecule has 0 spiro atoms. The number of nitrogens with zero attached hydrogens (tertiary/aromatic N) is 2. The van der Waals surface area contributed by atoms with Gasteiger partial charge in [0, 0.05) is 17.4 Å². The van der Waals surface area contributed by atoms with Crippen molar-refractivity contribution in [1.29, 1.82) is 0 Å². The van der Waals surface area contributed by atoms with Crippen LogP contribution in [0.1, 0.15) is 10.4 Å². The van der Waals surface area contributed by atoms with Crippen LogP contribution in [0.4, 0.5) is 10.4 Å². The molecule has 0 fully saturated rings. The molecule has 2 aromatic carbocycles. The Bertz CT molecular complexity index is 1030. The molecular weight excluding hydrogens is 349 g/mol. The van der Waals surface area contributed by atoms with E-state index in [1.165, 1.54) is 42.5 Å². The van der Waals surface area contributed by atoms with E-state index < -0.39 is 21.6 Å². The number of hydrogen-bond donors (Lipinski definition) is 1. The summed E-state index contributed by atoms with van der Waals surface area (Å²) in [6.07, 6.45) is 1.08. The van der Waals surface area contributed by atoms with Crippen LogP contribution in [0.5, 0.6) is 0 Å². The minimum Gasteiger partial charge on any atom is -0.403 e. The molecule has 0 bridgehead atoms.